The summed E-state index contributed by atoms with van der Waals surface area (Å²) in [6.07, 6.45) is 1.81. The van der Waals surface area contributed by atoms with Crippen molar-refractivity contribution in [2.45, 2.75) is 0 Å². The molecule has 1 rings (SSSR count). The van der Waals surface area contributed by atoms with Gasteiger partial charge in [-0.25, -0.2) is 0 Å². The van der Waals surface area contributed by atoms with Crippen LogP contribution in [0.3, 0.4) is 0 Å². The van der Waals surface area contributed by atoms with E-state index in [4.69, 9.17) is 3.56 Å². The topological polar surface area (TPSA) is 22.1 Å². The van der Waals surface area contributed by atoms with Crippen molar-refractivity contribution in [1.82, 2.24) is 4.98 Å². The van der Waals surface area contributed by atoms with E-state index in [9.17, 15) is 0 Å². The summed E-state index contributed by atoms with van der Waals surface area (Å²) < 4.78 is 6.21. The van der Waals surface area contributed by atoms with E-state index in [2.05, 4.69) is 4.98 Å². The summed E-state index contributed by atoms with van der Waals surface area (Å²) in [4.78, 5) is 4.13. The summed E-state index contributed by atoms with van der Waals surface area (Å²) in [5, 5.41) is 0. The van der Waals surface area contributed by atoms with Gasteiger partial charge in [0.1, 0.15) is 0 Å². The van der Waals surface area contributed by atoms with E-state index < -0.39 is 17.5 Å². The van der Waals surface area contributed by atoms with Gasteiger partial charge < -0.3 is 0 Å². The summed E-state index contributed by atoms with van der Waals surface area (Å²) in [5.74, 6) is 0. The van der Waals surface area contributed by atoms with Gasteiger partial charge in [-0.1, -0.05) is 0 Å². The van der Waals surface area contributed by atoms with E-state index in [1.807, 2.05) is 18.2 Å². The summed E-state index contributed by atoms with van der Waals surface area (Å²) >= 11 is -0.901. The maximum atomic E-state index is 5.05. The van der Waals surface area contributed by atoms with Gasteiger partial charge in [-0.3, -0.25) is 0 Å². The molecule has 0 aliphatic heterocycles. The maximum absolute atomic E-state index is 5.05. The second-order valence-electron chi connectivity index (χ2n) is 1.75. The molecule has 0 atom stereocenters. The van der Waals surface area contributed by atoms with Crippen LogP contribution in [0.15, 0.2) is 24.4 Å². The quantitative estimate of drug-likeness (QED) is 0.604. The summed E-state index contributed by atoms with van der Waals surface area (Å²) in [6.45, 7) is 0. The number of hydrogen-bond donors (Lipinski definition) is 0. The van der Waals surface area contributed by atoms with Gasteiger partial charge >= 0.3 is 61.8 Å². The summed E-state index contributed by atoms with van der Waals surface area (Å²) in [6, 6.07) is 5.93. The molecule has 1 aromatic rings. The van der Waals surface area contributed by atoms with Crippen LogP contribution in [-0.2, 0) is 21.1 Å². The second-order valence-corrected chi connectivity index (χ2v) is 5.09. The predicted octanol–water partition coefficient (Wildman–Crippen LogP) is 0.351. The molecule has 9 heavy (non-hydrogen) atoms. The third kappa shape index (κ3) is 2.21. The van der Waals surface area contributed by atoms with Gasteiger partial charge in [0.25, 0.3) is 0 Å². The van der Waals surface area contributed by atoms with Crippen molar-refractivity contribution in [2.24, 2.45) is 0 Å². The molecule has 2 nitrogen and oxygen atoms in total. The van der Waals surface area contributed by atoms with Crippen molar-refractivity contribution in [2.75, 3.05) is 7.11 Å². The molecule has 1 aromatic heterocycles. The Morgan fingerprint density at radius 2 is 2.44 bits per heavy atom. The zero-order valence-electron chi connectivity index (χ0n) is 5.37. The minimum atomic E-state index is -0.901. The van der Waals surface area contributed by atoms with Crippen LogP contribution in [-0.4, -0.2) is 12.1 Å². The van der Waals surface area contributed by atoms with Crippen molar-refractivity contribution in [3.05, 3.63) is 24.4 Å². The van der Waals surface area contributed by atoms with Gasteiger partial charge in [0.15, 0.2) is 0 Å². The van der Waals surface area contributed by atoms with Gasteiger partial charge in [-0.05, 0) is 0 Å². The average Bonchev–Trinajstić information content (AvgIpc) is 1.91. The van der Waals surface area contributed by atoms with E-state index in [1.165, 1.54) is 0 Å². The molecule has 1 heterocycles. The number of rotatable bonds is 2. The molecule has 3 heteroatoms. The van der Waals surface area contributed by atoms with Crippen LogP contribution in [0.5, 0.6) is 0 Å². The van der Waals surface area contributed by atoms with Gasteiger partial charge in [0.2, 0.25) is 0 Å². The van der Waals surface area contributed by atoms with Gasteiger partial charge in [0.05, 0.1) is 0 Å². The van der Waals surface area contributed by atoms with Crippen molar-refractivity contribution < 1.29 is 21.1 Å². The van der Waals surface area contributed by atoms with Crippen LogP contribution in [0.1, 0.15) is 0 Å². The van der Waals surface area contributed by atoms with Crippen molar-refractivity contribution in [1.29, 1.82) is 0 Å². The fourth-order valence-corrected chi connectivity index (χ4v) is 2.12. The molecule has 0 saturated carbocycles. The van der Waals surface area contributed by atoms with E-state index in [-0.39, 0.29) is 0 Å². The Balaban J connectivity index is 2.61. The van der Waals surface area contributed by atoms with Crippen LogP contribution in [0, 0.1) is 0 Å². The fourth-order valence-electron chi connectivity index (χ4n) is 0.631. The molecule has 0 bridgehead atoms. The van der Waals surface area contributed by atoms with Crippen LogP contribution in [0.4, 0.5) is 0 Å². The normalized spacial score (nSPS) is 8.56. The Morgan fingerprint density at radius 1 is 1.56 bits per heavy atom. The first kappa shape index (κ1) is 6.85. The van der Waals surface area contributed by atoms with E-state index in [1.54, 1.807) is 13.3 Å². The number of pyridine rings is 1. The second kappa shape index (κ2) is 3.70. The third-order valence-corrected chi connectivity index (χ3v) is 3.12. The standard InChI is InChI=1S/C5H4N.CH3O.Zn/c1-2-4-6-5-3-1;1-2;/h1-4H;1H3;/q;-1;+1. The van der Waals surface area contributed by atoms with Crippen molar-refractivity contribution in [3.8, 4) is 0 Å². The van der Waals surface area contributed by atoms with E-state index in [0.717, 1.165) is 4.29 Å². The molecule has 0 fully saturated rings. The Kier molecular flexibility index (Phi) is 2.82. The Bertz CT molecular complexity index is 166. The van der Waals surface area contributed by atoms with Gasteiger partial charge in [-0.15, -0.1) is 0 Å². The average molecular weight is 175 g/mol. The third-order valence-electron chi connectivity index (χ3n) is 1.02. The van der Waals surface area contributed by atoms with E-state index >= 15 is 0 Å². The van der Waals surface area contributed by atoms with Crippen LogP contribution < -0.4 is 4.29 Å². The van der Waals surface area contributed by atoms with Crippen LogP contribution in [0.2, 0.25) is 0 Å². The monoisotopic (exact) mass is 173 g/mol. The molecule has 0 N–H and O–H groups in total. The number of nitrogens with zero attached hydrogens (tertiary/aromatic N) is 1. The number of hydrogen-bond acceptors (Lipinski definition) is 2. The molecule has 0 spiro atoms. The molecule has 0 unspecified atom stereocenters. The molecule has 0 aliphatic carbocycles. The number of aromatic nitrogens is 1. The van der Waals surface area contributed by atoms with E-state index in [0.29, 0.717) is 0 Å². The predicted molar refractivity (Wildman–Crippen MR) is 30.9 cm³/mol. The zero-order chi connectivity index (χ0) is 6.53. The molecule has 0 radical (unpaired) electrons. The summed E-state index contributed by atoms with van der Waals surface area (Å²) in [5.41, 5.74) is 0. The summed E-state index contributed by atoms with van der Waals surface area (Å²) in [7, 11) is 1.74. The Morgan fingerprint density at radius 3 is 3.00 bits per heavy atom. The van der Waals surface area contributed by atoms with Crippen LogP contribution >= 0.6 is 0 Å². The van der Waals surface area contributed by atoms with Gasteiger partial charge in [0, 0.05) is 0 Å². The molecule has 0 saturated heterocycles. The first-order chi connectivity index (χ1) is 4.43. The molecule has 0 aliphatic rings. The van der Waals surface area contributed by atoms with Crippen molar-refractivity contribution in [3.63, 3.8) is 0 Å². The fraction of sp³-hybridized carbons (Fsp3) is 0.167. The van der Waals surface area contributed by atoms with Crippen molar-refractivity contribution >= 4 is 4.29 Å². The van der Waals surface area contributed by atoms with Crippen LogP contribution in [0.25, 0.3) is 0 Å². The molecule has 0 amide bonds. The molecule has 44 valence electrons. The Hall–Kier alpha value is -0.267. The molecular formula is C6H7NOZn. The molecular weight excluding hydrogens is 167 g/mol. The first-order valence-corrected chi connectivity index (χ1v) is 5.52. The first-order valence-electron chi connectivity index (χ1n) is 2.82. The SMILES string of the molecule is C[O][Zn][c]1ccccn1. The van der Waals surface area contributed by atoms with Gasteiger partial charge in [-0.2, -0.15) is 0 Å². The molecule has 0 aromatic carbocycles. The zero-order valence-corrected chi connectivity index (χ0v) is 8.34. The Labute approximate surface area is 62.3 Å². The minimum absolute atomic E-state index is 0.901.